The van der Waals surface area contributed by atoms with Gasteiger partial charge in [-0.15, -0.1) is 0 Å². The summed E-state index contributed by atoms with van der Waals surface area (Å²) in [6.45, 7) is 3.22. The fourth-order valence-electron chi connectivity index (χ4n) is 4.52. The number of hydrogen-bond donors (Lipinski definition) is 2. The Kier molecular flexibility index (Phi) is 6.98. The SMILES string of the molecule is CC(=O)OC1CC(=O)N1c1ccc(CN2C(=O)[C@@](O)([C@@H](C)/C=C/CCO)c3cc(Cl)ccc32)cc1. The molecule has 1 unspecified atom stereocenters. The molecule has 0 aromatic heterocycles. The van der Waals surface area contributed by atoms with E-state index < -0.39 is 29.6 Å². The second kappa shape index (κ2) is 9.81. The van der Waals surface area contributed by atoms with Gasteiger partial charge in [0, 0.05) is 35.7 Å². The average molecular weight is 499 g/mol. The van der Waals surface area contributed by atoms with Crippen molar-refractivity contribution in [1.29, 1.82) is 0 Å². The van der Waals surface area contributed by atoms with Crippen molar-refractivity contribution in [2.45, 2.75) is 45.1 Å². The van der Waals surface area contributed by atoms with E-state index in [-0.39, 0.29) is 25.5 Å². The number of amides is 2. The molecule has 1 fully saturated rings. The monoisotopic (exact) mass is 498 g/mol. The first kappa shape index (κ1) is 24.9. The zero-order valence-corrected chi connectivity index (χ0v) is 20.2. The third kappa shape index (κ3) is 4.57. The Morgan fingerprint density at radius 3 is 2.60 bits per heavy atom. The van der Waals surface area contributed by atoms with Crippen LogP contribution in [-0.4, -0.2) is 40.8 Å². The van der Waals surface area contributed by atoms with Crippen LogP contribution in [0.2, 0.25) is 5.02 Å². The van der Waals surface area contributed by atoms with Crippen LogP contribution in [0.1, 0.15) is 37.8 Å². The summed E-state index contributed by atoms with van der Waals surface area (Å²) in [6.07, 6.45) is 3.41. The van der Waals surface area contributed by atoms with E-state index in [0.717, 1.165) is 5.56 Å². The number of nitrogens with zero attached hydrogens (tertiary/aromatic N) is 2. The zero-order valence-electron chi connectivity index (χ0n) is 19.5. The summed E-state index contributed by atoms with van der Waals surface area (Å²) in [5, 5.41) is 21.1. The maximum atomic E-state index is 13.5. The molecule has 184 valence electrons. The van der Waals surface area contributed by atoms with E-state index in [0.29, 0.717) is 28.4 Å². The number of aliphatic hydroxyl groups excluding tert-OH is 1. The van der Waals surface area contributed by atoms with E-state index in [9.17, 15) is 19.5 Å². The van der Waals surface area contributed by atoms with Gasteiger partial charge in [-0.2, -0.15) is 0 Å². The molecule has 0 aliphatic carbocycles. The van der Waals surface area contributed by atoms with E-state index in [1.165, 1.54) is 16.7 Å². The number of esters is 1. The van der Waals surface area contributed by atoms with E-state index >= 15 is 0 Å². The summed E-state index contributed by atoms with van der Waals surface area (Å²) in [7, 11) is 0. The lowest BCUT2D eigenvalue weighted by Gasteiger charge is -2.39. The van der Waals surface area contributed by atoms with Gasteiger partial charge in [0.25, 0.3) is 5.91 Å². The minimum absolute atomic E-state index is 0.0230. The third-order valence-electron chi connectivity index (χ3n) is 6.37. The van der Waals surface area contributed by atoms with Crippen molar-refractivity contribution >= 4 is 40.8 Å². The summed E-state index contributed by atoms with van der Waals surface area (Å²) >= 11 is 6.20. The van der Waals surface area contributed by atoms with Crippen LogP contribution in [0.5, 0.6) is 0 Å². The maximum Gasteiger partial charge on any atom is 0.304 e. The fourth-order valence-corrected chi connectivity index (χ4v) is 4.69. The van der Waals surface area contributed by atoms with E-state index in [1.807, 2.05) is 0 Å². The molecule has 1 saturated heterocycles. The van der Waals surface area contributed by atoms with Gasteiger partial charge in [0.05, 0.1) is 18.7 Å². The number of fused-ring (bicyclic) bond motifs is 1. The number of carbonyl (C=O) groups is 3. The van der Waals surface area contributed by atoms with Crippen LogP contribution in [0.4, 0.5) is 11.4 Å². The molecule has 2 N–H and O–H groups in total. The van der Waals surface area contributed by atoms with Crippen LogP contribution < -0.4 is 9.80 Å². The van der Waals surface area contributed by atoms with E-state index in [2.05, 4.69) is 0 Å². The second-order valence-corrected chi connectivity index (χ2v) is 9.18. The highest BCUT2D eigenvalue weighted by atomic mass is 35.5. The third-order valence-corrected chi connectivity index (χ3v) is 6.61. The van der Waals surface area contributed by atoms with E-state index in [4.69, 9.17) is 21.4 Å². The van der Waals surface area contributed by atoms with Gasteiger partial charge < -0.3 is 19.8 Å². The highest BCUT2D eigenvalue weighted by Crippen LogP contribution is 2.46. The average Bonchev–Trinajstić information content (AvgIpc) is 3.02. The Hall–Kier alpha value is -3.20. The van der Waals surface area contributed by atoms with Crippen LogP contribution >= 0.6 is 11.6 Å². The zero-order chi connectivity index (χ0) is 25.3. The Balaban J connectivity index is 1.58. The van der Waals surface area contributed by atoms with Crippen molar-refractivity contribution in [3.63, 3.8) is 0 Å². The van der Waals surface area contributed by atoms with Gasteiger partial charge in [-0.05, 0) is 42.3 Å². The molecule has 2 heterocycles. The van der Waals surface area contributed by atoms with Crippen molar-refractivity contribution in [3.05, 3.63) is 70.8 Å². The van der Waals surface area contributed by atoms with Gasteiger partial charge in [-0.1, -0.05) is 42.8 Å². The Labute approximate surface area is 208 Å². The van der Waals surface area contributed by atoms with Gasteiger partial charge in [0.2, 0.25) is 5.91 Å². The molecule has 8 nitrogen and oxygen atoms in total. The predicted molar refractivity (Wildman–Crippen MR) is 131 cm³/mol. The number of anilines is 2. The topological polar surface area (TPSA) is 107 Å². The Bertz CT molecular complexity index is 1180. The molecule has 0 bridgehead atoms. The molecule has 0 spiro atoms. The number of halogens is 1. The van der Waals surface area contributed by atoms with Crippen LogP contribution in [0.15, 0.2) is 54.6 Å². The molecule has 35 heavy (non-hydrogen) atoms. The number of rotatable bonds is 8. The van der Waals surface area contributed by atoms with Crippen LogP contribution in [0.25, 0.3) is 0 Å². The van der Waals surface area contributed by atoms with Gasteiger partial charge in [0.1, 0.15) is 0 Å². The van der Waals surface area contributed by atoms with Gasteiger partial charge in [0.15, 0.2) is 11.8 Å². The Morgan fingerprint density at radius 2 is 1.97 bits per heavy atom. The summed E-state index contributed by atoms with van der Waals surface area (Å²) in [4.78, 5) is 39.8. The van der Waals surface area contributed by atoms with E-state index in [1.54, 1.807) is 61.5 Å². The number of aliphatic hydroxyl groups is 2. The van der Waals surface area contributed by atoms with Crippen molar-refractivity contribution < 1.29 is 29.3 Å². The molecule has 2 aromatic carbocycles. The summed E-state index contributed by atoms with van der Waals surface area (Å²) < 4.78 is 5.16. The van der Waals surface area contributed by atoms with Crippen molar-refractivity contribution in [2.75, 3.05) is 16.4 Å². The molecule has 2 aromatic rings. The number of carbonyl (C=O) groups excluding carboxylic acids is 3. The lowest BCUT2D eigenvalue weighted by atomic mass is 9.83. The van der Waals surface area contributed by atoms with Gasteiger partial charge >= 0.3 is 5.97 Å². The first-order valence-electron chi connectivity index (χ1n) is 11.4. The lowest BCUT2D eigenvalue weighted by molar-refractivity contribution is -0.153. The standard InChI is InChI=1S/C26H27ClN2O6/c1-16(5-3-4-12-30)26(34)21-13-19(27)8-11-22(21)28(25(26)33)15-18-6-9-20(10-7-18)29-23(32)14-24(29)35-17(2)31/h3,5-11,13,16,24,30,34H,4,12,14-15H2,1-2H3/b5-3+/t16-,24?,26+/m0/s1. The second-order valence-electron chi connectivity index (χ2n) is 8.75. The van der Waals surface area contributed by atoms with Gasteiger partial charge in [-0.3, -0.25) is 19.3 Å². The Morgan fingerprint density at radius 1 is 1.26 bits per heavy atom. The highest BCUT2D eigenvalue weighted by molar-refractivity contribution is 6.31. The number of β-lactam (4-membered cyclic amide) rings is 1. The van der Waals surface area contributed by atoms with Crippen molar-refractivity contribution in [3.8, 4) is 0 Å². The fraction of sp³-hybridized carbons (Fsp3) is 0.346. The molecule has 3 atom stereocenters. The number of benzene rings is 2. The molecule has 0 saturated carbocycles. The number of ether oxygens (including phenoxy) is 1. The molecular weight excluding hydrogens is 472 g/mol. The molecule has 9 heteroatoms. The summed E-state index contributed by atoms with van der Waals surface area (Å²) in [5.41, 5.74) is 0.584. The number of hydrogen-bond acceptors (Lipinski definition) is 6. The first-order chi connectivity index (χ1) is 16.7. The maximum absolute atomic E-state index is 13.5. The molecule has 2 aliphatic rings. The van der Waals surface area contributed by atoms with Gasteiger partial charge in [-0.25, -0.2) is 0 Å². The smallest absolute Gasteiger partial charge is 0.304 e. The minimum Gasteiger partial charge on any atom is -0.441 e. The van der Waals surface area contributed by atoms with Crippen LogP contribution in [0, 0.1) is 5.92 Å². The molecular formula is C26H27ClN2O6. The minimum atomic E-state index is -1.80. The van der Waals surface area contributed by atoms with Crippen molar-refractivity contribution in [1.82, 2.24) is 0 Å². The predicted octanol–water partition coefficient (Wildman–Crippen LogP) is 3.28. The molecule has 4 rings (SSSR count). The largest absolute Gasteiger partial charge is 0.441 e. The quantitative estimate of drug-likeness (QED) is 0.328. The van der Waals surface area contributed by atoms with Crippen molar-refractivity contribution in [2.24, 2.45) is 5.92 Å². The molecule has 2 aliphatic heterocycles. The first-order valence-corrected chi connectivity index (χ1v) is 11.7. The van der Waals surface area contributed by atoms with Crippen LogP contribution in [0.3, 0.4) is 0 Å². The lowest BCUT2D eigenvalue weighted by Crippen LogP contribution is -2.54. The molecule has 2 amide bonds. The summed E-state index contributed by atoms with van der Waals surface area (Å²) in [5.74, 6) is -1.61. The highest BCUT2D eigenvalue weighted by Gasteiger charge is 2.52. The van der Waals surface area contributed by atoms with Crippen LogP contribution in [-0.2, 0) is 31.3 Å². The normalized spacial score (nSPS) is 22.4. The summed E-state index contributed by atoms with van der Waals surface area (Å²) in [6, 6.07) is 12.0. The molecule has 0 radical (unpaired) electrons.